The van der Waals surface area contributed by atoms with Gasteiger partial charge in [-0.25, -0.2) is 12.7 Å². The van der Waals surface area contributed by atoms with Crippen molar-refractivity contribution >= 4 is 15.9 Å². The van der Waals surface area contributed by atoms with Crippen LogP contribution in [0.15, 0.2) is 0 Å². The van der Waals surface area contributed by atoms with Gasteiger partial charge in [0.15, 0.2) is 0 Å². The van der Waals surface area contributed by atoms with Gasteiger partial charge in [0, 0.05) is 31.5 Å². The second-order valence-corrected chi connectivity index (χ2v) is 8.62. The first-order valence-electron chi connectivity index (χ1n) is 7.88. The van der Waals surface area contributed by atoms with E-state index in [-0.39, 0.29) is 29.6 Å². The first-order chi connectivity index (χ1) is 10.0. The highest BCUT2D eigenvalue weighted by Crippen LogP contribution is 2.35. The van der Waals surface area contributed by atoms with E-state index >= 15 is 0 Å². The lowest BCUT2D eigenvalue weighted by Crippen LogP contribution is -2.47. The van der Waals surface area contributed by atoms with Gasteiger partial charge in [0.05, 0.1) is 18.5 Å². The molecule has 1 amide bonds. The van der Waals surface area contributed by atoms with E-state index in [1.54, 1.807) is 11.2 Å². The van der Waals surface area contributed by atoms with Gasteiger partial charge in [-0.15, -0.1) is 0 Å². The third kappa shape index (κ3) is 3.24. The molecule has 1 N–H and O–H groups in total. The molecule has 2 heterocycles. The SMILES string of the molecule is CCS(=O)(=O)N1CC[C@H]2CO[C@H](CNC(=O)C3CC3)[C@H]2C1. The molecular formula is C14H24N2O4S. The van der Waals surface area contributed by atoms with E-state index in [1.807, 2.05) is 0 Å². The average molecular weight is 316 g/mol. The molecule has 0 aromatic rings. The van der Waals surface area contributed by atoms with Gasteiger partial charge in [0.2, 0.25) is 15.9 Å². The van der Waals surface area contributed by atoms with Crippen molar-refractivity contribution in [2.45, 2.75) is 32.3 Å². The molecule has 2 saturated heterocycles. The summed E-state index contributed by atoms with van der Waals surface area (Å²) in [6.07, 6.45) is 2.79. The number of nitrogens with one attached hydrogen (secondary N) is 1. The lowest BCUT2D eigenvalue weighted by Gasteiger charge is -2.35. The molecule has 3 fully saturated rings. The van der Waals surface area contributed by atoms with E-state index < -0.39 is 10.0 Å². The number of piperidine rings is 1. The van der Waals surface area contributed by atoms with Crippen molar-refractivity contribution in [1.82, 2.24) is 9.62 Å². The number of hydrogen-bond donors (Lipinski definition) is 1. The molecular weight excluding hydrogens is 292 g/mol. The Balaban J connectivity index is 1.58. The van der Waals surface area contributed by atoms with Gasteiger partial charge in [-0.2, -0.15) is 0 Å². The topological polar surface area (TPSA) is 75.7 Å². The van der Waals surface area contributed by atoms with Crippen LogP contribution < -0.4 is 5.32 Å². The van der Waals surface area contributed by atoms with Crippen LogP contribution in [0.25, 0.3) is 0 Å². The molecule has 6 nitrogen and oxygen atoms in total. The lowest BCUT2D eigenvalue weighted by atomic mass is 9.85. The highest BCUT2D eigenvalue weighted by Gasteiger charge is 2.43. The summed E-state index contributed by atoms with van der Waals surface area (Å²) in [7, 11) is -3.13. The summed E-state index contributed by atoms with van der Waals surface area (Å²) in [5, 5.41) is 2.96. The molecule has 3 rings (SSSR count). The van der Waals surface area contributed by atoms with E-state index in [4.69, 9.17) is 4.74 Å². The van der Waals surface area contributed by atoms with E-state index in [9.17, 15) is 13.2 Å². The van der Waals surface area contributed by atoms with Gasteiger partial charge in [0.25, 0.3) is 0 Å². The molecule has 3 aliphatic rings. The zero-order chi connectivity index (χ0) is 15.0. The van der Waals surface area contributed by atoms with Crippen LogP contribution in [0.1, 0.15) is 26.2 Å². The molecule has 0 aromatic heterocycles. The van der Waals surface area contributed by atoms with Crippen molar-refractivity contribution in [3.8, 4) is 0 Å². The molecule has 0 spiro atoms. The molecule has 2 aliphatic heterocycles. The third-order valence-corrected chi connectivity index (χ3v) is 6.80. The number of carbonyl (C=O) groups is 1. The summed E-state index contributed by atoms with van der Waals surface area (Å²) >= 11 is 0. The summed E-state index contributed by atoms with van der Waals surface area (Å²) in [6, 6.07) is 0. The monoisotopic (exact) mass is 316 g/mol. The average Bonchev–Trinajstić information content (AvgIpc) is 3.25. The van der Waals surface area contributed by atoms with Gasteiger partial charge >= 0.3 is 0 Å². The predicted molar refractivity (Wildman–Crippen MR) is 78.1 cm³/mol. The zero-order valence-corrected chi connectivity index (χ0v) is 13.3. The Bertz CT molecular complexity index is 503. The van der Waals surface area contributed by atoms with Crippen LogP contribution in [-0.4, -0.2) is 56.7 Å². The fourth-order valence-corrected chi connectivity index (χ4v) is 4.48. The Kier molecular flexibility index (Phi) is 4.25. The maximum absolute atomic E-state index is 12.0. The standard InChI is InChI=1S/C14H24N2O4S/c1-2-21(18,19)16-6-5-11-9-20-13(12(11)8-16)7-15-14(17)10-3-4-10/h10-13H,2-9H2,1H3,(H,15,17)/t11-,12-,13+/m0/s1. The van der Waals surface area contributed by atoms with Crippen LogP contribution in [0.2, 0.25) is 0 Å². The maximum atomic E-state index is 12.0. The second-order valence-electron chi connectivity index (χ2n) is 6.36. The minimum Gasteiger partial charge on any atom is -0.376 e. The van der Waals surface area contributed by atoms with Crippen LogP contribution in [0.3, 0.4) is 0 Å². The first-order valence-corrected chi connectivity index (χ1v) is 9.49. The third-order valence-electron chi connectivity index (χ3n) is 4.95. The largest absolute Gasteiger partial charge is 0.376 e. The smallest absolute Gasteiger partial charge is 0.223 e. The quantitative estimate of drug-likeness (QED) is 0.786. The van der Waals surface area contributed by atoms with Crippen molar-refractivity contribution in [3.63, 3.8) is 0 Å². The van der Waals surface area contributed by atoms with Crippen LogP contribution in [0.5, 0.6) is 0 Å². The number of rotatable bonds is 5. The number of fused-ring (bicyclic) bond motifs is 1. The fraction of sp³-hybridized carbons (Fsp3) is 0.929. The Morgan fingerprint density at radius 3 is 2.76 bits per heavy atom. The molecule has 21 heavy (non-hydrogen) atoms. The molecule has 1 saturated carbocycles. The maximum Gasteiger partial charge on any atom is 0.223 e. The molecule has 0 bridgehead atoms. The first kappa shape index (κ1) is 15.2. The Morgan fingerprint density at radius 2 is 2.10 bits per heavy atom. The van der Waals surface area contributed by atoms with Crippen LogP contribution in [-0.2, 0) is 19.6 Å². The summed E-state index contributed by atoms with van der Waals surface area (Å²) in [5.41, 5.74) is 0. The highest BCUT2D eigenvalue weighted by atomic mass is 32.2. The Hall–Kier alpha value is -0.660. The summed E-state index contributed by atoms with van der Waals surface area (Å²) in [6.45, 7) is 4.01. The number of amides is 1. The summed E-state index contributed by atoms with van der Waals surface area (Å²) in [5.74, 6) is 1.10. The molecule has 120 valence electrons. The van der Waals surface area contributed by atoms with E-state index in [1.165, 1.54) is 0 Å². The van der Waals surface area contributed by atoms with Crippen molar-refractivity contribution in [2.75, 3.05) is 32.0 Å². The molecule has 3 atom stereocenters. The minimum atomic E-state index is -3.13. The number of sulfonamides is 1. The molecule has 7 heteroatoms. The molecule has 1 aliphatic carbocycles. The van der Waals surface area contributed by atoms with Crippen molar-refractivity contribution in [1.29, 1.82) is 0 Å². The van der Waals surface area contributed by atoms with Crippen molar-refractivity contribution < 1.29 is 17.9 Å². The minimum absolute atomic E-state index is 0.0486. The van der Waals surface area contributed by atoms with Crippen LogP contribution in [0.4, 0.5) is 0 Å². The number of ether oxygens (including phenoxy) is 1. The number of nitrogens with zero attached hydrogens (tertiary/aromatic N) is 1. The normalized spacial score (nSPS) is 33.7. The van der Waals surface area contributed by atoms with Gasteiger partial charge in [-0.3, -0.25) is 4.79 Å². The van der Waals surface area contributed by atoms with Gasteiger partial charge in [-0.05, 0) is 32.1 Å². The van der Waals surface area contributed by atoms with Gasteiger partial charge in [0.1, 0.15) is 0 Å². The summed E-state index contributed by atoms with van der Waals surface area (Å²) < 4.78 is 31.5. The van der Waals surface area contributed by atoms with E-state index in [0.29, 0.717) is 32.2 Å². The Labute approximate surface area is 126 Å². The zero-order valence-electron chi connectivity index (χ0n) is 12.5. The summed E-state index contributed by atoms with van der Waals surface area (Å²) in [4.78, 5) is 11.7. The second kappa shape index (κ2) is 5.85. The predicted octanol–water partition coefficient (Wildman–Crippen LogP) is 0.199. The van der Waals surface area contributed by atoms with Crippen LogP contribution >= 0.6 is 0 Å². The number of hydrogen-bond acceptors (Lipinski definition) is 4. The number of carbonyl (C=O) groups excluding carboxylic acids is 1. The van der Waals surface area contributed by atoms with Crippen molar-refractivity contribution in [3.05, 3.63) is 0 Å². The Morgan fingerprint density at radius 1 is 1.33 bits per heavy atom. The highest BCUT2D eigenvalue weighted by molar-refractivity contribution is 7.89. The van der Waals surface area contributed by atoms with Gasteiger partial charge in [-0.1, -0.05) is 0 Å². The molecule has 0 unspecified atom stereocenters. The van der Waals surface area contributed by atoms with Gasteiger partial charge < -0.3 is 10.1 Å². The molecule has 0 radical (unpaired) electrons. The molecule has 0 aromatic carbocycles. The van der Waals surface area contributed by atoms with E-state index in [0.717, 1.165) is 19.3 Å². The van der Waals surface area contributed by atoms with E-state index in [2.05, 4.69) is 5.32 Å². The fourth-order valence-electron chi connectivity index (χ4n) is 3.33. The van der Waals surface area contributed by atoms with Crippen LogP contribution in [0, 0.1) is 17.8 Å². The van der Waals surface area contributed by atoms with Crippen molar-refractivity contribution in [2.24, 2.45) is 17.8 Å². The lowest BCUT2D eigenvalue weighted by molar-refractivity contribution is -0.122.